The zero-order chi connectivity index (χ0) is 21.2. The average molecular weight is 430 g/mol. The fourth-order valence-electron chi connectivity index (χ4n) is 4.28. The van der Waals surface area contributed by atoms with Gasteiger partial charge < -0.3 is 10.1 Å². The van der Waals surface area contributed by atoms with Gasteiger partial charge in [0, 0.05) is 38.4 Å². The van der Waals surface area contributed by atoms with Gasteiger partial charge in [0.2, 0.25) is 15.9 Å². The van der Waals surface area contributed by atoms with Crippen LogP contribution in [0.25, 0.3) is 0 Å². The summed E-state index contributed by atoms with van der Waals surface area (Å²) in [6.07, 6.45) is 5.16. The second kappa shape index (κ2) is 8.45. The maximum Gasteiger partial charge on any atom is 0.243 e. The molecule has 0 radical (unpaired) electrons. The zero-order valence-electron chi connectivity index (χ0n) is 17.1. The Hall–Kier alpha value is -2.29. The van der Waals surface area contributed by atoms with Crippen molar-refractivity contribution in [2.24, 2.45) is 5.92 Å². The number of hydrogen-bond donors (Lipinski definition) is 1. The third-order valence-corrected chi connectivity index (χ3v) is 7.79. The van der Waals surface area contributed by atoms with E-state index >= 15 is 0 Å². The molecule has 2 aromatic rings. The van der Waals surface area contributed by atoms with E-state index in [4.69, 9.17) is 4.74 Å². The van der Waals surface area contributed by atoms with Crippen molar-refractivity contribution in [1.29, 1.82) is 0 Å². The van der Waals surface area contributed by atoms with Crippen LogP contribution in [0.1, 0.15) is 30.9 Å². The van der Waals surface area contributed by atoms with Crippen molar-refractivity contribution >= 4 is 15.9 Å². The van der Waals surface area contributed by atoms with Crippen LogP contribution < -0.4 is 5.32 Å². The molecule has 3 heterocycles. The summed E-state index contributed by atoms with van der Waals surface area (Å²) in [6, 6.07) is 10.9. The van der Waals surface area contributed by atoms with Gasteiger partial charge in [0.25, 0.3) is 0 Å². The van der Waals surface area contributed by atoms with E-state index in [2.05, 4.69) is 10.3 Å². The number of rotatable bonds is 7. The van der Waals surface area contributed by atoms with Gasteiger partial charge in [-0.25, -0.2) is 8.42 Å². The van der Waals surface area contributed by atoms with Gasteiger partial charge in [-0.05, 0) is 48.1 Å². The van der Waals surface area contributed by atoms with Crippen molar-refractivity contribution in [3.05, 3.63) is 59.9 Å². The molecule has 0 aliphatic carbocycles. The number of nitrogens with zero attached hydrogens (tertiary/aromatic N) is 2. The number of hydrogen-bond acceptors (Lipinski definition) is 5. The molecule has 2 fully saturated rings. The van der Waals surface area contributed by atoms with Gasteiger partial charge in [-0.3, -0.25) is 9.78 Å². The van der Waals surface area contributed by atoms with E-state index in [1.165, 1.54) is 4.31 Å². The minimum Gasteiger partial charge on any atom is -0.372 e. The van der Waals surface area contributed by atoms with Crippen LogP contribution in [0.2, 0.25) is 0 Å². The number of aryl methyl sites for hydroxylation is 1. The molecule has 160 valence electrons. The van der Waals surface area contributed by atoms with Gasteiger partial charge in [0.15, 0.2) is 0 Å². The summed E-state index contributed by atoms with van der Waals surface area (Å²) in [5, 5.41) is 2.93. The molecule has 0 bridgehead atoms. The molecule has 1 atom stereocenters. The summed E-state index contributed by atoms with van der Waals surface area (Å²) in [5.41, 5.74) is 1.38. The van der Waals surface area contributed by atoms with Gasteiger partial charge in [-0.1, -0.05) is 25.1 Å². The van der Waals surface area contributed by atoms with E-state index in [0.29, 0.717) is 50.4 Å². The van der Waals surface area contributed by atoms with Crippen molar-refractivity contribution in [1.82, 2.24) is 14.6 Å². The molecule has 1 aromatic carbocycles. The van der Waals surface area contributed by atoms with Crippen LogP contribution in [0.15, 0.2) is 53.7 Å². The SMILES string of the molecule is CCc1ccccc1S(=O)(=O)N1CC2(CC(CC(=O)NCc3ccncc3)CO2)C1. The minimum atomic E-state index is -3.52. The predicted molar refractivity (Wildman–Crippen MR) is 112 cm³/mol. The Morgan fingerprint density at radius 2 is 1.97 bits per heavy atom. The zero-order valence-corrected chi connectivity index (χ0v) is 17.9. The maximum absolute atomic E-state index is 13.0. The fourth-order valence-corrected chi connectivity index (χ4v) is 6.16. The molecule has 1 spiro atoms. The van der Waals surface area contributed by atoms with Crippen LogP contribution in [-0.4, -0.2) is 48.9 Å². The molecule has 7 nitrogen and oxygen atoms in total. The van der Waals surface area contributed by atoms with Gasteiger partial charge in [0.05, 0.1) is 17.1 Å². The molecule has 8 heteroatoms. The molecule has 4 rings (SSSR count). The summed E-state index contributed by atoms with van der Waals surface area (Å²) in [4.78, 5) is 16.6. The van der Waals surface area contributed by atoms with E-state index in [1.54, 1.807) is 24.5 Å². The van der Waals surface area contributed by atoms with Crippen molar-refractivity contribution in [3.63, 3.8) is 0 Å². The molecular weight excluding hydrogens is 402 g/mol. The Labute approximate surface area is 177 Å². The lowest BCUT2D eigenvalue weighted by molar-refractivity contribution is -0.122. The van der Waals surface area contributed by atoms with Crippen LogP contribution in [0, 0.1) is 5.92 Å². The molecular formula is C22H27N3O4S. The molecule has 1 N–H and O–H groups in total. The highest BCUT2D eigenvalue weighted by Crippen LogP contribution is 2.41. The van der Waals surface area contributed by atoms with Gasteiger partial charge in [-0.2, -0.15) is 4.31 Å². The summed E-state index contributed by atoms with van der Waals surface area (Å²) in [6.45, 7) is 3.62. The lowest BCUT2D eigenvalue weighted by Gasteiger charge is -2.46. The van der Waals surface area contributed by atoms with E-state index in [1.807, 2.05) is 31.2 Å². The van der Waals surface area contributed by atoms with Crippen LogP contribution in [0.5, 0.6) is 0 Å². The van der Waals surface area contributed by atoms with E-state index in [-0.39, 0.29) is 11.8 Å². The van der Waals surface area contributed by atoms with Gasteiger partial charge in [0.1, 0.15) is 0 Å². The number of pyridine rings is 1. The Kier molecular flexibility index (Phi) is 5.90. The molecule has 2 saturated heterocycles. The van der Waals surface area contributed by atoms with E-state index < -0.39 is 15.6 Å². The van der Waals surface area contributed by atoms with Crippen LogP contribution in [0.3, 0.4) is 0 Å². The Morgan fingerprint density at radius 1 is 1.23 bits per heavy atom. The number of amides is 1. The third kappa shape index (κ3) is 4.26. The normalized spacial score (nSPS) is 20.8. The highest BCUT2D eigenvalue weighted by Gasteiger charge is 2.53. The Morgan fingerprint density at radius 3 is 2.70 bits per heavy atom. The van der Waals surface area contributed by atoms with Crippen molar-refractivity contribution < 1.29 is 17.9 Å². The standard InChI is InChI=1S/C22H27N3O4S/c1-2-19-5-3-4-6-20(19)30(27,28)25-15-22(16-25)12-18(14-29-22)11-21(26)24-13-17-7-9-23-10-8-17/h3-10,18H,2,11-16H2,1H3,(H,24,26). The first-order chi connectivity index (χ1) is 14.4. The first-order valence-electron chi connectivity index (χ1n) is 10.3. The average Bonchev–Trinajstić information content (AvgIpc) is 3.16. The topological polar surface area (TPSA) is 88.6 Å². The van der Waals surface area contributed by atoms with Gasteiger partial charge >= 0.3 is 0 Å². The third-order valence-electron chi connectivity index (χ3n) is 5.90. The number of nitrogens with one attached hydrogen (secondary N) is 1. The first-order valence-corrected chi connectivity index (χ1v) is 11.7. The highest BCUT2D eigenvalue weighted by molar-refractivity contribution is 7.89. The lowest BCUT2D eigenvalue weighted by atomic mass is 9.87. The maximum atomic E-state index is 13.0. The summed E-state index contributed by atoms with van der Waals surface area (Å²) in [5.74, 6) is 0.0911. The highest BCUT2D eigenvalue weighted by atomic mass is 32.2. The summed E-state index contributed by atoms with van der Waals surface area (Å²) < 4.78 is 33.5. The number of carbonyl (C=O) groups excluding carboxylic acids is 1. The molecule has 1 aromatic heterocycles. The molecule has 2 aliphatic rings. The lowest BCUT2D eigenvalue weighted by Crippen LogP contribution is -2.63. The largest absolute Gasteiger partial charge is 0.372 e. The number of benzene rings is 1. The minimum absolute atomic E-state index is 0.0156. The van der Waals surface area contributed by atoms with E-state index in [0.717, 1.165) is 11.1 Å². The van der Waals surface area contributed by atoms with Crippen LogP contribution >= 0.6 is 0 Å². The Balaban J connectivity index is 1.30. The second-order valence-electron chi connectivity index (χ2n) is 8.13. The fraction of sp³-hybridized carbons (Fsp3) is 0.455. The number of carbonyl (C=O) groups is 1. The molecule has 1 unspecified atom stereocenters. The number of aromatic nitrogens is 1. The number of ether oxygens (including phenoxy) is 1. The quantitative estimate of drug-likeness (QED) is 0.728. The van der Waals surface area contributed by atoms with Crippen molar-refractivity contribution in [2.75, 3.05) is 19.7 Å². The van der Waals surface area contributed by atoms with Crippen LogP contribution in [-0.2, 0) is 32.5 Å². The smallest absolute Gasteiger partial charge is 0.243 e. The van der Waals surface area contributed by atoms with Crippen LogP contribution in [0.4, 0.5) is 0 Å². The molecule has 2 aliphatic heterocycles. The number of sulfonamides is 1. The molecule has 0 saturated carbocycles. The summed E-state index contributed by atoms with van der Waals surface area (Å²) >= 11 is 0. The van der Waals surface area contributed by atoms with E-state index in [9.17, 15) is 13.2 Å². The Bertz CT molecular complexity index is 1000. The molecule has 30 heavy (non-hydrogen) atoms. The summed E-state index contributed by atoms with van der Waals surface area (Å²) in [7, 11) is -3.52. The molecule has 1 amide bonds. The predicted octanol–water partition coefficient (Wildman–Crippen LogP) is 2.13. The second-order valence-corrected chi connectivity index (χ2v) is 10.0. The first kappa shape index (κ1) is 21.0. The van der Waals surface area contributed by atoms with Gasteiger partial charge in [-0.15, -0.1) is 0 Å². The van der Waals surface area contributed by atoms with Crippen molar-refractivity contribution in [2.45, 2.75) is 43.2 Å². The monoisotopic (exact) mass is 429 g/mol. The van der Waals surface area contributed by atoms with Crippen molar-refractivity contribution in [3.8, 4) is 0 Å².